The Morgan fingerprint density at radius 2 is 2.15 bits per heavy atom. The Bertz CT molecular complexity index is 438. The third-order valence-electron chi connectivity index (χ3n) is 3.90. The highest BCUT2D eigenvalue weighted by molar-refractivity contribution is 5.76. The second-order valence-corrected chi connectivity index (χ2v) is 5.47. The number of methoxy groups -OCH3 is 1. The van der Waals surface area contributed by atoms with E-state index in [4.69, 9.17) is 10.5 Å². The van der Waals surface area contributed by atoms with Crippen molar-refractivity contribution in [2.24, 2.45) is 5.73 Å². The molecular formula is C14H24N4O2. The minimum Gasteiger partial charge on any atom is -0.385 e. The number of carbonyl (C=O) groups is 1. The van der Waals surface area contributed by atoms with Crippen molar-refractivity contribution in [3.63, 3.8) is 0 Å². The first-order valence-corrected chi connectivity index (χ1v) is 7.42. The monoisotopic (exact) mass is 280 g/mol. The Balaban J connectivity index is 2.09. The summed E-state index contributed by atoms with van der Waals surface area (Å²) in [5.74, 6) is 0.150. The first kappa shape index (κ1) is 15.0. The van der Waals surface area contributed by atoms with Crippen molar-refractivity contribution in [2.75, 3.05) is 13.7 Å². The molecule has 1 heterocycles. The highest BCUT2D eigenvalue weighted by Gasteiger charge is 2.26. The van der Waals surface area contributed by atoms with E-state index in [1.807, 2.05) is 4.68 Å². The van der Waals surface area contributed by atoms with Crippen LogP contribution in [0, 0.1) is 0 Å². The van der Waals surface area contributed by atoms with Gasteiger partial charge in [-0.25, -0.2) is 4.68 Å². The van der Waals surface area contributed by atoms with E-state index in [-0.39, 0.29) is 12.3 Å². The minimum atomic E-state index is -0.337. The molecule has 1 aromatic rings. The Kier molecular flexibility index (Phi) is 5.52. The highest BCUT2D eigenvalue weighted by Crippen LogP contribution is 2.35. The number of aromatic nitrogens is 3. The number of hydrogen-bond donors (Lipinski definition) is 1. The molecule has 112 valence electrons. The lowest BCUT2D eigenvalue weighted by Gasteiger charge is -2.13. The summed E-state index contributed by atoms with van der Waals surface area (Å²) in [4.78, 5) is 11.2. The fourth-order valence-corrected chi connectivity index (χ4v) is 2.97. The van der Waals surface area contributed by atoms with Gasteiger partial charge in [-0.15, -0.1) is 5.10 Å². The van der Waals surface area contributed by atoms with E-state index in [1.54, 1.807) is 7.11 Å². The number of rotatable bonds is 8. The lowest BCUT2D eigenvalue weighted by Crippen LogP contribution is -2.17. The molecule has 2 N–H and O–H groups in total. The molecule has 0 spiro atoms. The number of carbonyl (C=O) groups excluding carboxylic acids is 1. The van der Waals surface area contributed by atoms with Crippen LogP contribution >= 0.6 is 0 Å². The van der Waals surface area contributed by atoms with Crippen molar-refractivity contribution in [3.8, 4) is 0 Å². The molecule has 6 heteroatoms. The van der Waals surface area contributed by atoms with Crippen molar-refractivity contribution < 1.29 is 9.53 Å². The second-order valence-electron chi connectivity index (χ2n) is 5.47. The summed E-state index contributed by atoms with van der Waals surface area (Å²) < 4.78 is 7.04. The molecule has 0 aromatic carbocycles. The van der Waals surface area contributed by atoms with E-state index in [2.05, 4.69) is 10.3 Å². The van der Waals surface area contributed by atoms with Crippen LogP contribution in [0.2, 0.25) is 0 Å². The maximum Gasteiger partial charge on any atom is 0.223 e. The molecule has 1 amide bonds. The second kappa shape index (κ2) is 7.38. The van der Waals surface area contributed by atoms with Crippen molar-refractivity contribution in [1.82, 2.24) is 15.0 Å². The topological polar surface area (TPSA) is 83.0 Å². The molecule has 6 nitrogen and oxygen atoms in total. The van der Waals surface area contributed by atoms with Crippen LogP contribution in [0.4, 0.5) is 0 Å². The standard InChI is InChI=1S/C14H24N4O2/c1-20-9-5-4-8-18-14(11-6-2-3-7-11)12(16-17-18)10-13(15)19/h11H,2-10H2,1H3,(H2,15,19). The normalized spacial score (nSPS) is 15.8. The molecule has 1 fully saturated rings. The van der Waals surface area contributed by atoms with Gasteiger partial charge in [0.25, 0.3) is 0 Å². The molecule has 20 heavy (non-hydrogen) atoms. The van der Waals surface area contributed by atoms with Crippen molar-refractivity contribution in [2.45, 2.75) is 57.4 Å². The Morgan fingerprint density at radius 3 is 2.80 bits per heavy atom. The molecule has 0 atom stereocenters. The van der Waals surface area contributed by atoms with Gasteiger partial charge in [0, 0.05) is 26.2 Å². The summed E-state index contributed by atoms with van der Waals surface area (Å²) >= 11 is 0. The van der Waals surface area contributed by atoms with E-state index in [0.717, 1.165) is 50.2 Å². The number of nitrogens with zero attached hydrogens (tertiary/aromatic N) is 3. The number of unbranched alkanes of at least 4 members (excludes halogenated alkanes) is 1. The maximum atomic E-state index is 11.2. The maximum absolute atomic E-state index is 11.2. The van der Waals surface area contributed by atoms with Gasteiger partial charge in [0.05, 0.1) is 17.8 Å². The lowest BCUT2D eigenvalue weighted by atomic mass is 10.0. The van der Waals surface area contributed by atoms with E-state index >= 15 is 0 Å². The number of amides is 1. The van der Waals surface area contributed by atoms with Crippen LogP contribution < -0.4 is 5.73 Å². The van der Waals surface area contributed by atoms with Crippen LogP contribution in [0.15, 0.2) is 0 Å². The average Bonchev–Trinajstić information content (AvgIpc) is 3.03. The molecule has 1 aliphatic rings. The lowest BCUT2D eigenvalue weighted by molar-refractivity contribution is -0.117. The quantitative estimate of drug-likeness (QED) is 0.729. The Hall–Kier alpha value is -1.43. The van der Waals surface area contributed by atoms with Gasteiger partial charge in [0.15, 0.2) is 0 Å². The number of hydrogen-bond acceptors (Lipinski definition) is 4. The van der Waals surface area contributed by atoms with Crippen LogP contribution in [0.1, 0.15) is 55.8 Å². The molecule has 1 saturated carbocycles. The molecule has 2 rings (SSSR count). The van der Waals surface area contributed by atoms with E-state index in [9.17, 15) is 4.79 Å². The minimum absolute atomic E-state index is 0.198. The summed E-state index contributed by atoms with van der Waals surface area (Å²) in [6.07, 6.45) is 7.03. The fourth-order valence-electron chi connectivity index (χ4n) is 2.97. The van der Waals surface area contributed by atoms with Crippen molar-refractivity contribution in [1.29, 1.82) is 0 Å². The van der Waals surface area contributed by atoms with E-state index in [1.165, 1.54) is 12.8 Å². The largest absolute Gasteiger partial charge is 0.385 e. The molecule has 0 radical (unpaired) electrons. The summed E-state index contributed by atoms with van der Waals surface area (Å²) in [5, 5.41) is 8.41. The summed E-state index contributed by atoms with van der Waals surface area (Å²) in [6, 6.07) is 0. The van der Waals surface area contributed by atoms with Gasteiger partial charge in [0.1, 0.15) is 0 Å². The van der Waals surface area contributed by atoms with Gasteiger partial charge in [-0.1, -0.05) is 18.1 Å². The molecule has 0 bridgehead atoms. The van der Waals surface area contributed by atoms with Crippen molar-refractivity contribution >= 4 is 5.91 Å². The SMILES string of the molecule is COCCCCn1nnc(CC(N)=O)c1C1CCCC1. The van der Waals surface area contributed by atoms with Gasteiger partial charge >= 0.3 is 0 Å². The molecule has 1 aliphatic carbocycles. The summed E-state index contributed by atoms with van der Waals surface area (Å²) in [7, 11) is 1.71. The van der Waals surface area contributed by atoms with Crippen molar-refractivity contribution in [3.05, 3.63) is 11.4 Å². The number of primary amides is 1. The zero-order chi connectivity index (χ0) is 14.4. The number of ether oxygens (including phenoxy) is 1. The first-order chi connectivity index (χ1) is 9.72. The Morgan fingerprint density at radius 1 is 1.40 bits per heavy atom. The van der Waals surface area contributed by atoms with E-state index in [0.29, 0.717) is 5.92 Å². The summed E-state index contributed by atoms with van der Waals surface area (Å²) in [5.41, 5.74) is 7.22. The predicted molar refractivity (Wildman–Crippen MR) is 75.2 cm³/mol. The summed E-state index contributed by atoms with van der Waals surface area (Å²) in [6.45, 7) is 1.60. The van der Waals surface area contributed by atoms with Crippen LogP contribution in [0.3, 0.4) is 0 Å². The highest BCUT2D eigenvalue weighted by atomic mass is 16.5. The average molecular weight is 280 g/mol. The van der Waals surface area contributed by atoms with Crippen LogP contribution in [0.5, 0.6) is 0 Å². The van der Waals surface area contributed by atoms with E-state index < -0.39 is 0 Å². The molecule has 0 unspecified atom stereocenters. The Labute approximate surface area is 119 Å². The first-order valence-electron chi connectivity index (χ1n) is 7.42. The molecule has 0 saturated heterocycles. The van der Waals surface area contributed by atoms with Gasteiger partial charge < -0.3 is 10.5 Å². The smallest absolute Gasteiger partial charge is 0.223 e. The van der Waals surface area contributed by atoms with Gasteiger partial charge in [-0.3, -0.25) is 4.79 Å². The van der Waals surface area contributed by atoms with Gasteiger partial charge in [-0.05, 0) is 25.7 Å². The molecule has 0 aliphatic heterocycles. The number of aryl methyl sites for hydroxylation is 1. The molecular weight excluding hydrogens is 256 g/mol. The zero-order valence-corrected chi connectivity index (χ0v) is 12.2. The molecule has 1 aromatic heterocycles. The van der Waals surface area contributed by atoms with Crippen LogP contribution in [-0.2, 0) is 22.5 Å². The number of nitrogens with two attached hydrogens (primary N) is 1. The predicted octanol–water partition coefficient (Wildman–Crippen LogP) is 1.39. The third-order valence-corrected chi connectivity index (χ3v) is 3.90. The van der Waals surface area contributed by atoms with Gasteiger partial charge in [0.2, 0.25) is 5.91 Å². The van der Waals surface area contributed by atoms with Crippen LogP contribution in [-0.4, -0.2) is 34.6 Å². The fraction of sp³-hybridized carbons (Fsp3) is 0.786. The van der Waals surface area contributed by atoms with Crippen LogP contribution in [0.25, 0.3) is 0 Å². The van der Waals surface area contributed by atoms with Gasteiger partial charge in [-0.2, -0.15) is 0 Å². The third kappa shape index (κ3) is 3.79. The zero-order valence-electron chi connectivity index (χ0n) is 12.2.